The Hall–Kier alpha value is -3.17. The third-order valence-corrected chi connectivity index (χ3v) is 6.77. The van der Waals surface area contributed by atoms with Crippen LogP contribution in [0, 0.1) is 17.4 Å². The number of amides is 4. The lowest BCUT2D eigenvalue weighted by atomic mass is 9.98. The van der Waals surface area contributed by atoms with Gasteiger partial charge in [-0.15, -0.1) is 0 Å². The molecule has 0 aliphatic carbocycles. The van der Waals surface area contributed by atoms with Crippen molar-refractivity contribution in [1.29, 1.82) is 0 Å². The first-order valence-electron chi connectivity index (χ1n) is 10.8. The number of carbonyl (C=O) groups is 3. The van der Waals surface area contributed by atoms with Gasteiger partial charge in [-0.3, -0.25) is 14.9 Å². The summed E-state index contributed by atoms with van der Waals surface area (Å²) in [6.45, 7) is 4.14. The predicted octanol–water partition coefficient (Wildman–Crippen LogP) is 5.83. The minimum absolute atomic E-state index is 0.153. The molecule has 1 saturated heterocycles. The second kappa shape index (κ2) is 10.2. The number of barbiturate groups is 1. The van der Waals surface area contributed by atoms with E-state index in [1.807, 2.05) is 6.07 Å². The Kier molecular flexibility index (Phi) is 7.28. The smallest absolute Gasteiger partial charge is 0.335 e. The molecule has 0 bridgehead atoms. The number of hydrogen-bond donors (Lipinski definition) is 1. The van der Waals surface area contributed by atoms with Crippen molar-refractivity contribution in [2.75, 3.05) is 12.0 Å². The Morgan fingerprint density at radius 3 is 2.29 bits per heavy atom. The van der Waals surface area contributed by atoms with E-state index in [1.165, 1.54) is 22.8 Å². The van der Waals surface area contributed by atoms with Crippen LogP contribution >= 0.6 is 34.2 Å². The maximum atomic E-state index is 13.2. The van der Waals surface area contributed by atoms with E-state index in [0.717, 1.165) is 14.0 Å². The molecule has 0 spiro atoms. The summed E-state index contributed by atoms with van der Waals surface area (Å²) in [5, 5.41) is 2.70. The first-order valence-corrected chi connectivity index (χ1v) is 12.2. The molecular weight excluding hydrogens is 579 g/mol. The van der Waals surface area contributed by atoms with Crippen molar-refractivity contribution in [3.05, 3.63) is 96.6 Å². The van der Waals surface area contributed by atoms with E-state index in [2.05, 4.69) is 60.0 Å². The number of anilines is 1. The number of halogens is 2. The molecule has 4 rings (SSSR count). The van der Waals surface area contributed by atoms with Gasteiger partial charge in [-0.05, 0) is 90.0 Å². The number of rotatable bonds is 5. The van der Waals surface area contributed by atoms with Crippen LogP contribution in [0.2, 0.25) is 5.02 Å². The zero-order valence-electron chi connectivity index (χ0n) is 19.3. The van der Waals surface area contributed by atoms with Gasteiger partial charge < -0.3 is 4.74 Å². The highest BCUT2D eigenvalue weighted by Crippen LogP contribution is 2.31. The van der Waals surface area contributed by atoms with E-state index in [4.69, 9.17) is 16.3 Å². The number of aryl methyl sites for hydroxylation is 2. The van der Waals surface area contributed by atoms with Gasteiger partial charge in [0, 0.05) is 20.6 Å². The summed E-state index contributed by atoms with van der Waals surface area (Å²) in [4.78, 5) is 39.0. The Morgan fingerprint density at radius 1 is 1.00 bits per heavy atom. The van der Waals surface area contributed by atoms with E-state index in [9.17, 15) is 14.4 Å². The van der Waals surface area contributed by atoms with Gasteiger partial charge in [0.2, 0.25) is 0 Å². The summed E-state index contributed by atoms with van der Waals surface area (Å²) in [6, 6.07) is 15.5. The fourth-order valence-electron chi connectivity index (χ4n) is 4.09. The van der Waals surface area contributed by atoms with Crippen LogP contribution < -0.4 is 15.0 Å². The Morgan fingerprint density at radius 2 is 1.66 bits per heavy atom. The molecule has 4 amide bonds. The van der Waals surface area contributed by atoms with Crippen molar-refractivity contribution >= 4 is 63.8 Å². The molecule has 0 atom stereocenters. The average Bonchev–Trinajstić information content (AvgIpc) is 2.78. The molecule has 35 heavy (non-hydrogen) atoms. The van der Waals surface area contributed by atoms with Crippen molar-refractivity contribution in [3.63, 3.8) is 0 Å². The van der Waals surface area contributed by atoms with E-state index in [0.29, 0.717) is 28.4 Å². The molecule has 1 aliphatic heterocycles. The minimum atomic E-state index is -0.810. The number of methoxy groups -OCH3 is 1. The standard InChI is InChI=1S/C27H22ClIN2O4/c1-15-8-16(2)10-17(9-15)11-21-23(29)13-18(14-24(21)35-3)12-22-25(32)30-27(34)31(26(22)33)20-6-4-19(28)5-7-20/h4-10,12-14H,11H2,1-3H3,(H,30,32,34)/b22-12+. The fourth-order valence-corrected chi connectivity index (χ4v) is 5.03. The highest BCUT2D eigenvalue weighted by Gasteiger charge is 2.36. The normalized spacial score (nSPS) is 14.9. The maximum Gasteiger partial charge on any atom is 0.335 e. The zero-order valence-corrected chi connectivity index (χ0v) is 22.2. The number of imide groups is 2. The van der Waals surface area contributed by atoms with Gasteiger partial charge in [0.15, 0.2) is 0 Å². The Labute approximate surface area is 222 Å². The van der Waals surface area contributed by atoms with Gasteiger partial charge in [0.1, 0.15) is 11.3 Å². The second-order valence-electron chi connectivity index (χ2n) is 8.29. The summed E-state index contributed by atoms with van der Waals surface area (Å²) in [6.07, 6.45) is 2.15. The molecule has 6 nitrogen and oxygen atoms in total. The van der Waals surface area contributed by atoms with Crippen LogP contribution in [0.1, 0.15) is 27.8 Å². The molecule has 0 unspecified atom stereocenters. The van der Waals surface area contributed by atoms with Crippen molar-refractivity contribution in [3.8, 4) is 5.75 Å². The van der Waals surface area contributed by atoms with E-state index >= 15 is 0 Å². The highest BCUT2D eigenvalue weighted by molar-refractivity contribution is 14.1. The van der Waals surface area contributed by atoms with Crippen LogP contribution in [0.15, 0.2) is 60.2 Å². The van der Waals surface area contributed by atoms with Crippen molar-refractivity contribution in [1.82, 2.24) is 5.32 Å². The largest absolute Gasteiger partial charge is 0.496 e. The van der Waals surface area contributed by atoms with Gasteiger partial charge >= 0.3 is 6.03 Å². The lowest BCUT2D eigenvalue weighted by Crippen LogP contribution is -2.54. The van der Waals surface area contributed by atoms with Crippen LogP contribution in [0.4, 0.5) is 10.5 Å². The number of benzene rings is 3. The van der Waals surface area contributed by atoms with Crippen LogP contribution in [0.5, 0.6) is 5.75 Å². The van der Waals surface area contributed by atoms with Crippen LogP contribution in [0.3, 0.4) is 0 Å². The van der Waals surface area contributed by atoms with E-state index < -0.39 is 17.8 Å². The number of nitrogens with zero attached hydrogens (tertiary/aromatic N) is 1. The van der Waals surface area contributed by atoms with Gasteiger partial charge in [0.25, 0.3) is 11.8 Å². The number of nitrogens with one attached hydrogen (secondary N) is 1. The average molecular weight is 601 g/mol. The molecule has 1 aliphatic rings. The van der Waals surface area contributed by atoms with Gasteiger partial charge in [-0.25, -0.2) is 9.69 Å². The zero-order chi connectivity index (χ0) is 25.3. The highest BCUT2D eigenvalue weighted by atomic mass is 127. The monoisotopic (exact) mass is 600 g/mol. The summed E-state index contributed by atoms with van der Waals surface area (Å²) in [5.74, 6) is -0.815. The lowest BCUT2D eigenvalue weighted by molar-refractivity contribution is -0.122. The van der Waals surface area contributed by atoms with Gasteiger partial charge in [0.05, 0.1) is 12.8 Å². The van der Waals surface area contributed by atoms with Crippen molar-refractivity contribution < 1.29 is 19.1 Å². The Bertz CT molecular complexity index is 1360. The molecule has 0 aromatic heterocycles. The predicted molar refractivity (Wildman–Crippen MR) is 145 cm³/mol. The topological polar surface area (TPSA) is 75.7 Å². The molecule has 1 N–H and O–H groups in total. The summed E-state index contributed by atoms with van der Waals surface area (Å²) in [7, 11) is 1.59. The summed E-state index contributed by atoms with van der Waals surface area (Å²) in [5.41, 5.74) is 5.33. The summed E-state index contributed by atoms with van der Waals surface area (Å²) < 4.78 is 6.60. The van der Waals surface area contributed by atoms with E-state index in [-0.39, 0.29) is 5.57 Å². The number of urea groups is 1. The lowest BCUT2D eigenvalue weighted by Gasteiger charge is -2.26. The number of carbonyl (C=O) groups excluding carboxylic acids is 3. The third kappa shape index (κ3) is 5.41. The number of hydrogen-bond acceptors (Lipinski definition) is 4. The van der Waals surface area contributed by atoms with Gasteiger partial charge in [-0.2, -0.15) is 0 Å². The SMILES string of the molecule is COc1cc(/C=C2\C(=O)NC(=O)N(c3ccc(Cl)cc3)C2=O)cc(I)c1Cc1cc(C)cc(C)c1. The third-order valence-electron chi connectivity index (χ3n) is 5.56. The quantitative estimate of drug-likeness (QED) is 0.227. The van der Waals surface area contributed by atoms with Crippen molar-refractivity contribution in [2.45, 2.75) is 20.3 Å². The second-order valence-corrected chi connectivity index (χ2v) is 9.89. The molecule has 3 aromatic carbocycles. The first-order chi connectivity index (χ1) is 16.7. The van der Waals surface area contributed by atoms with Crippen molar-refractivity contribution in [2.24, 2.45) is 0 Å². The molecule has 1 heterocycles. The molecule has 1 fully saturated rings. The van der Waals surface area contributed by atoms with Gasteiger partial charge in [-0.1, -0.05) is 40.9 Å². The number of ether oxygens (including phenoxy) is 1. The van der Waals surface area contributed by atoms with Crippen LogP contribution in [-0.4, -0.2) is 25.0 Å². The molecular formula is C27H22ClIN2O4. The van der Waals surface area contributed by atoms with Crippen LogP contribution in [0.25, 0.3) is 6.08 Å². The fraction of sp³-hybridized carbons (Fsp3) is 0.148. The first kappa shape index (κ1) is 24.9. The molecule has 8 heteroatoms. The molecule has 0 radical (unpaired) electrons. The molecule has 0 saturated carbocycles. The molecule has 3 aromatic rings. The summed E-state index contributed by atoms with van der Waals surface area (Å²) >= 11 is 8.15. The Balaban J connectivity index is 1.70. The maximum absolute atomic E-state index is 13.2. The molecule has 178 valence electrons. The minimum Gasteiger partial charge on any atom is -0.496 e. The van der Waals surface area contributed by atoms with Crippen LogP contribution in [-0.2, 0) is 16.0 Å². The van der Waals surface area contributed by atoms with E-state index in [1.54, 1.807) is 37.4 Å².